The second kappa shape index (κ2) is 10.3. The number of likely N-dealkylation sites (N-methyl/N-ethyl adjacent to an activating group) is 1. The number of carbonyl (C=O) groups excluding carboxylic acids is 1. The number of nitrogens with zero attached hydrogens (tertiary/aromatic N) is 3. The third kappa shape index (κ3) is 6.09. The molecule has 0 bridgehead atoms. The predicted octanol–water partition coefficient (Wildman–Crippen LogP) is 2.02. The summed E-state index contributed by atoms with van der Waals surface area (Å²) < 4.78 is 5.36. The van der Waals surface area contributed by atoms with Crippen LogP contribution in [-0.4, -0.2) is 55.5 Å². The number of furan rings is 1. The van der Waals surface area contributed by atoms with E-state index >= 15 is 0 Å². The number of aliphatic imine (C=N–C) groups is 1. The van der Waals surface area contributed by atoms with E-state index in [0.717, 1.165) is 31.6 Å². The number of amides is 1. The number of carbonyl (C=O) groups is 1. The van der Waals surface area contributed by atoms with Crippen molar-refractivity contribution in [2.24, 2.45) is 4.99 Å². The summed E-state index contributed by atoms with van der Waals surface area (Å²) in [5, 5.41) is 7.79. The van der Waals surface area contributed by atoms with Gasteiger partial charge in [-0.05, 0) is 37.8 Å². The first kappa shape index (κ1) is 20.4. The molecular formula is C20H29N5O2S. The second-order valence-corrected chi connectivity index (χ2v) is 8.24. The Morgan fingerprint density at radius 3 is 2.75 bits per heavy atom. The largest absolute Gasteiger partial charge is 0.469 e. The SMILES string of the molecule is CN(C)C(=O)CN=C(NCCc1ccco1)NCCc1nc2c(s1)CCCC2. The van der Waals surface area contributed by atoms with E-state index in [1.807, 2.05) is 23.5 Å². The summed E-state index contributed by atoms with van der Waals surface area (Å²) in [6.07, 6.45) is 8.12. The summed E-state index contributed by atoms with van der Waals surface area (Å²) in [5.41, 5.74) is 1.30. The van der Waals surface area contributed by atoms with Crippen molar-refractivity contribution in [3.8, 4) is 0 Å². The van der Waals surface area contributed by atoms with Crippen molar-refractivity contribution >= 4 is 23.2 Å². The molecule has 152 valence electrons. The van der Waals surface area contributed by atoms with E-state index in [1.54, 1.807) is 25.3 Å². The molecule has 0 fully saturated rings. The van der Waals surface area contributed by atoms with E-state index < -0.39 is 0 Å². The van der Waals surface area contributed by atoms with Gasteiger partial charge in [-0.25, -0.2) is 9.98 Å². The molecule has 1 amide bonds. The lowest BCUT2D eigenvalue weighted by molar-refractivity contribution is -0.127. The molecule has 0 radical (unpaired) electrons. The lowest BCUT2D eigenvalue weighted by Crippen LogP contribution is -2.40. The summed E-state index contributed by atoms with van der Waals surface area (Å²) in [6, 6.07) is 3.83. The molecule has 2 N–H and O–H groups in total. The minimum Gasteiger partial charge on any atom is -0.469 e. The molecule has 0 aromatic carbocycles. The van der Waals surface area contributed by atoms with Crippen LogP contribution in [0.25, 0.3) is 0 Å². The molecule has 8 heteroatoms. The van der Waals surface area contributed by atoms with Gasteiger partial charge in [0.25, 0.3) is 0 Å². The van der Waals surface area contributed by atoms with Gasteiger partial charge in [0.15, 0.2) is 5.96 Å². The van der Waals surface area contributed by atoms with E-state index in [-0.39, 0.29) is 12.5 Å². The molecule has 0 spiro atoms. The van der Waals surface area contributed by atoms with Crippen LogP contribution in [0.2, 0.25) is 0 Å². The van der Waals surface area contributed by atoms with E-state index in [9.17, 15) is 4.79 Å². The van der Waals surface area contributed by atoms with E-state index in [1.165, 1.54) is 34.8 Å². The van der Waals surface area contributed by atoms with Gasteiger partial charge in [-0.3, -0.25) is 4.79 Å². The fourth-order valence-electron chi connectivity index (χ4n) is 3.02. The molecule has 2 heterocycles. The summed E-state index contributed by atoms with van der Waals surface area (Å²) in [7, 11) is 3.47. The first-order chi connectivity index (χ1) is 13.6. The normalized spacial score (nSPS) is 13.9. The molecule has 7 nitrogen and oxygen atoms in total. The molecule has 1 aliphatic carbocycles. The molecule has 1 aliphatic rings. The van der Waals surface area contributed by atoms with Crippen molar-refractivity contribution in [1.29, 1.82) is 0 Å². The number of thiazole rings is 1. The highest BCUT2D eigenvalue weighted by Crippen LogP contribution is 2.26. The topological polar surface area (TPSA) is 82.8 Å². The van der Waals surface area contributed by atoms with Crippen molar-refractivity contribution < 1.29 is 9.21 Å². The number of aryl methyl sites for hydroxylation is 2. The van der Waals surface area contributed by atoms with Gasteiger partial charge in [0.2, 0.25) is 5.91 Å². The average molecular weight is 404 g/mol. The molecule has 0 saturated carbocycles. The van der Waals surface area contributed by atoms with Gasteiger partial charge in [-0.1, -0.05) is 0 Å². The molecule has 2 aromatic heterocycles. The maximum absolute atomic E-state index is 11.9. The zero-order valence-electron chi connectivity index (χ0n) is 16.7. The fourth-order valence-corrected chi connectivity index (χ4v) is 4.18. The first-order valence-corrected chi connectivity index (χ1v) is 10.7. The van der Waals surface area contributed by atoms with Crippen LogP contribution in [0, 0.1) is 0 Å². The van der Waals surface area contributed by atoms with Gasteiger partial charge in [0.05, 0.1) is 17.0 Å². The Morgan fingerprint density at radius 1 is 1.25 bits per heavy atom. The number of hydrogen-bond donors (Lipinski definition) is 2. The van der Waals surface area contributed by atoms with Crippen LogP contribution in [0.1, 0.15) is 34.2 Å². The van der Waals surface area contributed by atoms with Crippen LogP contribution >= 0.6 is 11.3 Å². The summed E-state index contributed by atoms with van der Waals surface area (Å²) >= 11 is 1.84. The van der Waals surface area contributed by atoms with E-state index in [4.69, 9.17) is 9.40 Å². The zero-order valence-corrected chi connectivity index (χ0v) is 17.5. The van der Waals surface area contributed by atoms with Crippen LogP contribution in [0.3, 0.4) is 0 Å². The number of rotatable bonds is 8. The molecule has 28 heavy (non-hydrogen) atoms. The predicted molar refractivity (Wildman–Crippen MR) is 112 cm³/mol. The second-order valence-electron chi connectivity index (χ2n) is 7.07. The van der Waals surface area contributed by atoms with Crippen molar-refractivity contribution in [2.75, 3.05) is 33.7 Å². The highest BCUT2D eigenvalue weighted by atomic mass is 32.1. The van der Waals surface area contributed by atoms with Gasteiger partial charge >= 0.3 is 0 Å². The number of guanidine groups is 1. The van der Waals surface area contributed by atoms with Gasteiger partial charge in [-0.2, -0.15) is 0 Å². The Bertz CT molecular complexity index is 759. The minimum atomic E-state index is -0.0280. The van der Waals surface area contributed by atoms with Gasteiger partial charge in [0.1, 0.15) is 12.3 Å². The Balaban J connectivity index is 1.50. The molecular weight excluding hydrogens is 374 g/mol. The number of fused-ring (bicyclic) bond motifs is 1. The van der Waals surface area contributed by atoms with Crippen LogP contribution < -0.4 is 10.6 Å². The van der Waals surface area contributed by atoms with E-state index in [0.29, 0.717) is 12.5 Å². The molecule has 0 saturated heterocycles. The van der Waals surface area contributed by atoms with Crippen molar-refractivity contribution in [2.45, 2.75) is 38.5 Å². The Labute approximate surface area is 170 Å². The zero-order chi connectivity index (χ0) is 19.8. The third-order valence-electron chi connectivity index (χ3n) is 4.64. The van der Waals surface area contributed by atoms with Gasteiger partial charge in [0, 0.05) is 44.9 Å². The highest BCUT2D eigenvalue weighted by Gasteiger charge is 2.15. The number of nitrogens with one attached hydrogen (secondary N) is 2. The minimum absolute atomic E-state index is 0.0280. The molecule has 2 aromatic rings. The van der Waals surface area contributed by atoms with Crippen molar-refractivity contribution in [1.82, 2.24) is 20.5 Å². The van der Waals surface area contributed by atoms with Crippen LogP contribution in [-0.2, 0) is 30.5 Å². The number of aromatic nitrogens is 1. The summed E-state index contributed by atoms with van der Waals surface area (Å²) in [4.78, 5) is 24.1. The van der Waals surface area contributed by atoms with E-state index in [2.05, 4.69) is 15.6 Å². The molecule has 0 atom stereocenters. The monoisotopic (exact) mass is 403 g/mol. The summed E-state index contributed by atoms with van der Waals surface area (Å²) in [6.45, 7) is 1.53. The first-order valence-electron chi connectivity index (χ1n) is 9.84. The molecule has 3 rings (SSSR count). The summed E-state index contributed by atoms with van der Waals surface area (Å²) in [5.74, 6) is 1.53. The van der Waals surface area contributed by atoms with Gasteiger partial charge in [-0.15, -0.1) is 11.3 Å². The molecule has 0 unspecified atom stereocenters. The Kier molecular flexibility index (Phi) is 7.47. The van der Waals surface area contributed by atoms with Crippen LogP contribution in [0.4, 0.5) is 0 Å². The number of hydrogen-bond acceptors (Lipinski definition) is 5. The van der Waals surface area contributed by atoms with Crippen LogP contribution in [0.5, 0.6) is 0 Å². The maximum atomic E-state index is 11.9. The van der Waals surface area contributed by atoms with Crippen LogP contribution in [0.15, 0.2) is 27.8 Å². The lowest BCUT2D eigenvalue weighted by Gasteiger charge is -2.13. The molecule has 0 aliphatic heterocycles. The smallest absolute Gasteiger partial charge is 0.243 e. The Morgan fingerprint density at radius 2 is 2.04 bits per heavy atom. The quantitative estimate of drug-likeness (QED) is 0.521. The average Bonchev–Trinajstić information content (AvgIpc) is 3.34. The third-order valence-corrected chi connectivity index (χ3v) is 5.85. The van der Waals surface area contributed by atoms with Gasteiger partial charge < -0.3 is 20.0 Å². The highest BCUT2D eigenvalue weighted by molar-refractivity contribution is 7.11. The fraction of sp³-hybridized carbons (Fsp3) is 0.550. The van der Waals surface area contributed by atoms with Crippen molar-refractivity contribution in [3.63, 3.8) is 0 Å². The standard InChI is InChI=1S/C20H29N5O2S/c1-25(2)19(26)14-23-20(21-11-9-15-6-5-13-27-15)22-12-10-18-24-16-7-3-4-8-17(16)28-18/h5-6,13H,3-4,7-12,14H2,1-2H3,(H2,21,22,23). The Hall–Kier alpha value is -2.35. The maximum Gasteiger partial charge on any atom is 0.243 e. The lowest BCUT2D eigenvalue weighted by atomic mass is 10.0. The van der Waals surface area contributed by atoms with Crippen molar-refractivity contribution in [3.05, 3.63) is 39.7 Å².